The molecule has 2 aromatic heterocycles. The molecule has 0 fully saturated rings. The van der Waals surface area contributed by atoms with Crippen molar-refractivity contribution in [3.05, 3.63) is 45.7 Å². The van der Waals surface area contributed by atoms with Gasteiger partial charge in [-0.1, -0.05) is 15.9 Å². The number of hydrogen-bond acceptors (Lipinski definition) is 3. The first-order valence-corrected chi connectivity index (χ1v) is 6.51. The molecular weight excluding hydrogens is 284 g/mol. The highest BCUT2D eigenvalue weighted by Gasteiger charge is 2.03. The fraction of sp³-hybridized carbons (Fsp3) is 0. The van der Waals surface area contributed by atoms with Gasteiger partial charge >= 0.3 is 0 Å². The predicted molar refractivity (Wildman–Crippen MR) is 70.6 cm³/mol. The van der Waals surface area contributed by atoms with Crippen molar-refractivity contribution in [1.82, 2.24) is 9.97 Å². The van der Waals surface area contributed by atoms with Gasteiger partial charge in [0.2, 0.25) is 0 Å². The Morgan fingerprint density at radius 3 is 2.88 bits per heavy atom. The second-order valence-electron chi connectivity index (χ2n) is 3.40. The molecule has 4 heteroatoms. The second kappa shape index (κ2) is 3.96. The van der Waals surface area contributed by atoms with Crippen LogP contribution in [0.5, 0.6) is 0 Å². The quantitative estimate of drug-likeness (QED) is 0.674. The van der Waals surface area contributed by atoms with Gasteiger partial charge in [0.25, 0.3) is 0 Å². The third kappa shape index (κ3) is 1.74. The van der Waals surface area contributed by atoms with Crippen LogP contribution in [0.4, 0.5) is 0 Å². The summed E-state index contributed by atoms with van der Waals surface area (Å²) >= 11 is 5.11. The van der Waals surface area contributed by atoms with Crippen molar-refractivity contribution >= 4 is 38.3 Å². The zero-order valence-corrected chi connectivity index (χ0v) is 10.6. The van der Waals surface area contributed by atoms with Gasteiger partial charge in [0.05, 0.1) is 22.9 Å². The largest absolute Gasteiger partial charge is 0.252 e. The van der Waals surface area contributed by atoms with E-state index in [1.54, 1.807) is 11.3 Å². The van der Waals surface area contributed by atoms with Crippen LogP contribution in [0.15, 0.2) is 45.7 Å². The van der Waals surface area contributed by atoms with E-state index in [4.69, 9.17) is 0 Å². The number of benzene rings is 1. The van der Waals surface area contributed by atoms with E-state index in [1.807, 2.05) is 29.8 Å². The summed E-state index contributed by atoms with van der Waals surface area (Å²) in [5, 5.41) is 4.12. The van der Waals surface area contributed by atoms with Gasteiger partial charge in [0.1, 0.15) is 0 Å². The summed E-state index contributed by atoms with van der Waals surface area (Å²) in [6.45, 7) is 0. The van der Waals surface area contributed by atoms with Crippen LogP contribution in [0.2, 0.25) is 0 Å². The van der Waals surface area contributed by atoms with E-state index >= 15 is 0 Å². The molecule has 0 saturated heterocycles. The lowest BCUT2D eigenvalue weighted by molar-refractivity contribution is 1.29. The van der Waals surface area contributed by atoms with Gasteiger partial charge in [-0.05, 0) is 29.6 Å². The summed E-state index contributed by atoms with van der Waals surface area (Å²) < 4.78 is 1.02. The molecule has 0 amide bonds. The zero-order chi connectivity index (χ0) is 11.0. The van der Waals surface area contributed by atoms with E-state index in [0.717, 1.165) is 26.8 Å². The topological polar surface area (TPSA) is 25.8 Å². The molecule has 78 valence electrons. The lowest BCUT2D eigenvalue weighted by Gasteiger charge is -2.00. The minimum absolute atomic E-state index is 0.915. The van der Waals surface area contributed by atoms with Crippen LogP contribution in [0.3, 0.4) is 0 Å². The minimum atomic E-state index is 0.915. The second-order valence-corrected chi connectivity index (χ2v) is 5.10. The normalized spacial score (nSPS) is 10.8. The monoisotopic (exact) mass is 290 g/mol. The molecule has 0 aliphatic carbocycles. The Morgan fingerprint density at radius 1 is 1.12 bits per heavy atom. The summed E-state index contributed by atoms with van der Waals surface area (Å²) in [6.07, 6.45) is 1.82. The zero-order valence-electron chi connectivity index (χ0n) is 8.22. The van der Waals surface area contributed by atoms with Crippen LogP contribution in [0.25, 0.3) is 22.3 Å². The summed E-state index contributed by atoms with van der Waals surface area (Å²) in [4.78, 5) is 8.99. The highest BCUT2D eigenvalue weighted by molar-refractivity contribution is 9.10. The molecule has 0 atom stereocenters. The van der Waals surface area contributed by atoms with Crippen LogP contribution in [0, 0.1) is 0 Å². The van der Waals surface area contributed by atoms with E-state index < -0.39 is 0 Å². The standard InChI is InChI=1S/C12H7BrN2S/c13-9-1-2-10-11(5-9)15-12(6-14-10)8-3-4-16-7-8/h1-7H. The van der Waals surface area contributed by atoms with E-state index in [-0.39, 0.29) is 0 Å². The Balaban J connectivity index is 2.22. The van der Waals surface area contributed by atoms with Gasteiger partial charge in [-0.3, -0.25) is 4.98 Å². The maximum Gasteiger partial charge on any atom is 0.0905 e. The van der Waals surface area contributed by atoms with Gasteiger partial charge in [0.15, 0.2) is 0 Å². The van der Waals surface area contributed by atoms with Crippen molar-refractivity contribution in [2.45, 2.75) is 0 Å². The molecule has 3 rings (SSSR count). The molecule has 0 saturated carbocycles. The number of rotatable bonds is 1. The average Bonchev–Trinajstić information content (AvgIpc) is 2.81. The Kier molecular flexibility index (Phi) is 2.46. The van der Waals surface area contributed by atoms with Crippen molar-refractivity contribution in [2.75, 3.05) is 0 Å². The molecule has 0 unspecified atom stereocenters. The van der Waals surface area contributed by atoms with E-state index in [1.165, 1.54) is 0 Å². The molecule has 0 N–H and O–H groups in total. The Bertz CT molecular complexity index is 635. The van der Waals surface area contributed by atoms with E-state index in [2.05, 4.69) is 37.3 Å². The maximum atomic E-state index is 4.59. The number of nitrogens with zero attached hydrogens (tertiary/aromatic N) is 2. The first kappa shape index (κ1) is 9.93. The molecule has 0 aliphatic heterocycles. The van der Waals surface area contributed by atoms with Crippen molar-refractivity contribution in [2.24, 2.45) is 0 Å². The predicted octanol–water partition coefficient (Wildman–Crippen LogP) is 4.12. The van der Waals surface area contributed by atoms with E-state index in [9.17, 15) is 0 Å². The highest BCUT2D eigenvalue weighted by atomic mass is 79.9. The molecule has 3 aromatic rings. The van der Waals surface area contributed by atoms with Crippen molar-refractivity contribution < 1.29 is 0 Å². The average molecular weight is 291 g/mol. The van der Waals surface area contributed by atoms with Gasteiger partial charge < -0.3 is 0 Å². The molecular formula is C12H7BrN2S. The minimum Gasteiger partial charge on any atom is -0.252 e. The van der Waals surface area contributed by atoms with Crippen LogP contribution in [-0.2, 0) is 0 Å². The molecule has 2 heterocycles. The molecule has 16 heavy (non-hydrogen) atoms. The number of thiophene rings is 1. The third-order valence-corrected chi connectivity index (χ3v) is 3.50. The Labute approximate surface area is 105 Å². The molecule has 0 bridgehead atoms. The van der Waals surface area contributed by atoms with Crippen molar-refractivity contribution in [3.63, 3.8) is 0 Å². The fourth-order valence-electron chi connectivity index (χ4n) is 1.53. The van der Waals surface area contributed by atoms with Crippen LogP contribution < -0.4 is 0 Å². The molecule has 1 aromatic carbocycles. The number of hydrogen-bond donors (Lipinski definition) is 0. The third-order valence-electron chi connectivity index (χ3n) is 2.32. The van der Waals surface area contributed by atoms with Crippen LogP contribution in [-0.4, -0.2) is 9.97 Å². The van der Waals surface area contributed by atoms with Gasteiger partial charge in [-0.15, -0.1) is 0 Å². The first-order chi connectivity index (χ1) is 7.83. The van der Waals surface area contributed by atoms with Crippen LogP contribution in [0.1, 0.15) is 0 Å². The smallest absolute Gasteiger partial charge is 0.0905 e. The fourth-order valence-corrected chi connectivity index (χ4v) is 2.53. The van der Waals surface area contributed by atoms with Crippen LogP contribution >= 0.6 is 27.3 Å². The maximum absolute atomic E-state index is 4.59. The summed E-state index contributed by atoms with van der Waals surface area (Å²) in [5.74, 6) is 0. The van der Waals surface area contributed by atoms with Gasteiger partial charge in [-0.25, -0.2) is 4.98 Å². The summed E-state index contributed by atoms with van der Waals surface area (Å²) in [6, 6.07) is 7.97. The van der Waals surface area contributed by atoms with Gasteiger partial charge in [0, 0.05) is 15.4 Å². The number of halogens is 1. The Morgan fingerprint density at radius 2 is 2.06 bits per heavy atom. The lowest BCUT2D eigenvalue weighted by Crippen LogP contribution is -1.87. The number of aromatic nitrogens is 2. The SMILES string of the molecule is Brc1ccc2ncc(-c3ccsc3)nc2c1. The lowest BCUT2D eigenvalue weighted by atomic mass is 10.2. The van der Waals surface area contributed by atoms with Crippen molar-refractivity contribution in [1.29, 1.82) is 0 Å². The molecule has 0 spiro atoms. The van der Waals surface area contributed by atoms with Gasteiger partial charge in [-0.2, -0.15) is 11.3 Å². The molecule has 0 aliphatic rings. The molecule has 0 radical (unpaired) electrons. The number of fused-ring (bicyclic) bond motifs is 1. The van der Waals surface area contributed by atoms with E-state index in [0.29, 0.717) is 0 Å². The molecule has 2 nitrogen and oxygen atoms in total. The van der Waals surface area contributed by atoms with Crippen molar-refractivity contribution in [3.8, 4) is 11.3 Å². The first-order valence-electron chi connectivity index (χ1n) is 4.78. The summed E-state index contributed by atoms with van der Waals surface area (Å²) in [7, 11) is 0. The highest BCUT2D eigenvalue weighted by Crippen LogP contribution is 2.22. The summed E-state index contributed by atoms with van der Waals surface area (Å²) in [5.41, 5.74) is 3.88. The Hall–Kier alpha value is -1.26.